The first-order chi connectivity index (χ1) is 8.02. The largest absolute Gasteiger partial charge is 0.326 e. The third kappa shape index (κ3) is 4.88. The van der Waals surface area contributed by atoms with E-state index in [0.29, 0.717) is 5.92 Å². The minimum absolute atomic E-state index is 0.274. The summed E-state index contributed by atoms with van der Waals surface area (Å²) < 4.78 is 0. The number of benzene rings is 1. The summed E-state index contributed by atoms with van der Waals surface area (Å²) in [5, 5.41) is 0. The van der Waals surface area contributed by atoms with Gasteiger partial charge in [-0.1, -0.05) is 50.1 Å². The van der Waals surface area contributed by atoms with Gasteiger partial charge in [0, 0.05) is 19.1 Å². The van der Waals surface area contributed by atoms with Crippen molar-refractivity contribution in [3.05, 3.63) is 35.4 Å². The number of nitrogens with two attached hydrogens (primary N) is 1. The number of nitrogens with zero attached hydrogens (tertiary/aromatic N) is 1. The lowest BCUT2D eigenvalue weighted by Crippen LogP contribution is -2.39. The molecule has 0 spiro atoms. The lowest BCUT2D eigenvalue weighted by Gasteiger charge is -2.25. The van der Waals surface area contributed by atoms with Crippen molar-refractivity contribution in [1.82, 2.24) is 4.90 Å². The number of rotatable bonds is 6. The van der Waals surface area contributed by atoms with E-state index >= 15 is 0 Å². The van der Waals surface area contributed by atoms with Gasteiger partial charge in [-0.15, -0.1) is 0 Å². The van der Waals surface area contributed by atoms with Crippen LogP contribution in [0.5, 0.6) is 0 Å². The zero-order chi connectivity index (χ0) is 12.8. The molecule has 2 atom stereocenters. The highest BCUT2D eigenvalue weighted by molar-refractivity contribution is 5.21. The maximum absolute atomic E-state index is 6.16. The zero-order valence-corrected chi connectivity index (χ0v) is 11.6. The predicted octanol–water partition coefficient (Wildman–Crippen LogP) is 2.80. The van der Waals surface area contributed by atoms with Gasteiger partial charge >= 0.3 is 0 Å². The van der Waals surface area contributed by atoms with E-state index in [4.69, 9.17) is 5.73 Å². The summed E-state index contributed by atoms with van der Waals surface area (Å²) in [4.78, 5) is 2.31. The normalized spacial score (nSPS) is 14.9. The fraction of sp³-hybridized carbons (Fsp3) is 0.600. The molecule has 1 aromatic rings. The number of hydrogen-bond acceptors (Lipinski definition) is 2. The molecule has 0 heterocycles. The first-order valence-electron chi connectivity index (χ1n) is 6.52. The van der Waals surface area contributed by atoms with Crippen LogP contribution in [0.25, 0.3) is 0 Å². The highest BCUT2D eigenvalue weighted by atomic mass is 15.1. The Bertz CT molecular complexity index is 318. The molecule has 0 fully saturated rings. The maximum atomic E-state index is 6.16. The maximum Gasteiger partial charge on any atom is 0.0231 e. The first kappa shape index (κ1) is 14.2. The molecule has 0 aliphatic carbocycles. The van der Waals surface area contributed by atoms with Gasteiger partial charge in [0.05, 0.1) is 0 Å². The number of likely N-dealkylation sites (N-methyl/N-ethyl adjacent to an activating group) is 1. The first-order valence-corrected chi connectivity index (χ1v) is 6.52. The molecule has 2 unspecified atom stereocenters. The molecule has 0 radical (unpaired) electrons. The molecule has 2 heteroatoms. The summed E-state index contributed by atoms with van der Waals surface area (Å²) in [6, 6.07) is 8.99. The van der Waals surface area contributed by atoms with Crippen LogP contribution in [0.1, 0.15) is 31.4 Å². The second-order valence-electron chi connectivity index (χ2n) is 5.23. The molecule has 1 aromatic carbocycles. The molecule has 0 saturated heterocycles. The average molecular weight is 234 g/mol. The molecule has 0 bridgehead atoms. The Labute approximate surface area is 106 Å². The predicted molar refractivity (Wildman–Crippen MR) is 74.9 cm³/mol. The minimum atomic E-state index is 0.274. The summed E-state index contributed by atoms with van der Waals surface area (Å²) in [6.07, 6.45) is 1.15. The van der Waals surface area contributed by atoms with Crippen LogP contribution in [-0.4, -0.2) is 24.5 Å². The molecular formula is C15H26N2. The van der Waals surface area contributed by atoms with Crippen LogP contribution in [0.15, 0.2) is 24.3 Å². The van der Waals surface area contributed by atoms with Crippen molar-refractivity contribution in [3.63, 3.8) is 0 Å². The fourth-order valence-electron chi connectivity index (χ4n) is 1.91. The third-order valence-corrected chi connectivity index (χ3v) is 3.47. The molecule has 0 aliphatic rings. The van der Waals surface area contributed by atoms with E-state index in [1.807, 2.05) is 0 Å². The number of hydrogen-bond donors (Lipinski definition) is 1. The Balaban J connectivity index is 2.44. The van der Waals surface area contributed by atoms with Crippen molar-refractivity contribution in [1.29, 1.82) is 0 Å². The van der Waals surface area contributed by atoms with Crippen molar-refractivity contribution in [3.8, 4) is 0 Å². The minimum Gasteiger partial charge on any atom is -0.326 e. The summed E-state index contributed by atoms with van der Waals surface area (Å²) >= 11 is 0. The van der Waals surface area contributed by atoms with E-state index in [-0.39, 0.29) is 6.04 Å². The van der Waals surface area contributed by atoms with Gasteiger partial charge in [-0.25, -0.2) is 0 Å². The van der Waals surface area contributed by atoms with Crippen LogP contribution in [0.3, 0.4) is 0 Å². The summed E-state index contributed by atoms with van der Waals surface area (Å²) in [6.45, 7) is 8.48. The van der Waals surface area contributed by atoms with Gasteiger partial charge in [0.15, 0.2) is 0 Å². The molecule has 2 nitrogen and oxygen atoms in total. The molecule has 0 aromatic heterocycles. The Morgan fingerprint density at radius 1 is 1.24 bits per heavy atom. The second kappa shape index (κ2) is 6.77. The van der Waals surface area contributed by atoms with E-state index in [9.17, 15) is 0 Å². The molecule has 0 saturated carbocycles. The van der Waals surface area contributed by atoms with Gasteiger partial charge in [-0.05, 0) is 25.5 Å². The number of aryl methyl sites for hydroxylation is 1. The van der Waals surface area contributed by atoms with Crippen molar-refractivity contribution in [2.75, 3.05) is 13.6 Å². The molecule has 2 N–H and O–H groups in total. The van der Waals surface area contributed by atoms with Crippen LogP contribution in [0, 0.1) is 12.8 Å². The Hall–Kier alpha value is -0.860. The molecular weight excluding hydrogens is 208 g/mol. The van der Waals surface area contributed by atoms with E-state index in [2.05, 4.69) is 57.0 Å². The van der Waals surface area contributed by atoms with Gasteiger partial charge in [0.25, 0.3) is 0 Å². The van der Waals surface area contributed by atoms with Crippen molar-refractivity contribution < 1.29 is 0 Å². The summed E-state index contributed by atoms with van der Waals surface area (Å²) in [5.41, 5.74) is 8.83. The quantitative estimate of drug-likeness (QED) is 0.820. The topological polar surface area (TPSA) is 29.3 Å². The lowest BCUT2D eigenvalue weighted by molar-refractivity contribution is 0.267. The molecule has 17 heavy (non-hydrogen) atoms. The van der Waals surface area contributed by atoms with Crippen molar-refractivity contribution >= 4 is 0 Å². The highest BCUT2D eigenvalue weighted by Gasteiger charge is 2.13. The van der Waals surface area contributed by atoms with Gasteiger partial charge in [0.1, 0.15) is 0 Å². The van der Waals surface area contributed by atoms with Crippen molar-refractivity contribution in [2.45, 2.75) is 39.8 Å². The molecule has 1 rings (SSSR count). The zero-order valence-electron chi connectivity index (χ0n) is 11.6. The highest BCUT2D eigenvalue weighted by Crippen LogP contribution is 2.09. The Morgan fingerprint density at radius 2 is 1.82 bits per heavy atom. The van der Waals surface area contributed by atoms with E-state index < -0.39 is 0 Å². The lowest BCUT2D eigenvalue weighted by atomic mass is 9.99. The van der Waals surface area contributed by atoms with Gasteiger partial charge in [-0.3, -0.25) is 0 Å². The van der Waals surface area contributed by atoms with Gasteiger partial charge in [-0.2, -0.15) is 0 Å². The fourth-order valence-corrected chi connectivity index (χ4v) is 1.91. The van der Waals surface area contributed by atoms with E-state index in [0.717, 1.165) is 19.5 Å². The van der Waals surface area contributed by atoms with Crippen LogP contribution in [-0.2, 0) is 6.54 Å². The Kier molecular flexibility index (Phi) is 5.66. The van der Waals surface area contributed by atoms with Crippen LogP contribution in [0.2, 0.25) is 0 Å². The molecule has 0 aliphatic heterocycles. The SMILES string of the molecule is CCC(C)C(N)CN(C)Cc1ccc(C)cc1. The summed E-state index contributed by atoms with van der Waals surface area (Å²) in [5.74, 6) is 0.593. The van der Waals surface area contributed by atoms with Crippen molar-refractivity contribution in [2.24, 2.45) is 11.7 Å². The monoisotopic (exact) mass is 234 g/mol. The summed E-state index contributed by atoms with van der Waals surface area (Å²) in [7, 11) is 2.14. The Morgan fingerprint density at radius 3 is 2.35 bits per heavy atom. The van der Waals surface area contributed by atoms with E-state index in [1.54, 1.807) is 0 Å². The van der Waals surface area contributed by atoms with Crippen LogP contribution in [0.4, 0.5) is 0 Å². The smallest absolute Gasteiger partial charge is 0.0231 e. The van der Waals surface area contributed by atoms with Crippen LogP contribution < -0.4 is 5.73 Å². The molecule has 96 valence electrons. The van der Waals surface area contributed by atoms with Gasteiger partial charge in [0.2, 0.25) is 0 Å². The molecule has 0 amide bonds. The van der Waals surface area contributed by atoms with Crippen LogP contribution >= 0.6 is 0 Å². The standard InChI is InChI=1S/C15H26N2/c1-5-13(3)15(16)11-17(4)10-14-8-6-12(2)7-9-14/h6-9,13,15H,5,10-11,16H2,1-4H3. The van der Waals surface area contributed by atoms with Gasteiger partial charge < -0.3 is 10.6 Å². The van der Waals surface area contributed by atoms with E-state index in [1.165, 1.54) is 11.1 Å². The third-order valence-electron chi connectivity index (χ3n) is 3.47. The second-order valence-corrected chi connectivity index (χ2v) is 5.23. The average Bonchev–Trinajstić information content (AvgIpc) is 2.30.